The standard InChI is InChI=1S/C20H21N5O4/c1-2-28-16-10-14(18-19(20(21)27)24-25-23-18)8-9-15(16)29-12-17(26)22-11-13-6-4-3-5-7-13/h3-10H,2,11-12H2,1H3,(H2,21,27)(H,22,26)(H,23,24,25). The van der Waals surface area contributed by atoms with Crippen LogP contribution in [0.25, 0.3) is 11.3 Å². The predicted molar refractivity (Wildman–Crippen MR) is 105 cm³/mol. The van der Waals surface area contributed by atoms with Gasteiger partial charge in [0.2, 0.25) is 0 Å². The Kier molecular flexibility index (Phi) is 6.41. The zero-order chi connectivity index (χ0) is 20.6. The molecular weight excluding hydrogens is 374 g/mol. The van der Waals surface area contributed by atoms with Crippen LogP contribution in [0.5, 0.6) is 11.5 Å². The second kappa shape index (κ2) is 9.36. The molecule has 0 saturated carbocycles. The lowest BCUT2D eigenvalue weighted by molar-refractivity contribution is -0.123. The molecule has 0 saturated heterocycles. The van der Waals surface area contributed by atoms with Crippen molar-refractivity contribution >= 4 is 11.8 Å². The van der Waals surface area contributed by atoms with Crippen molar-refractivity contribution in [1.29, 1.82) is 0 Å². The van der Waals surface area contributed by atoms with Gasteiger partial charge < -0.3 is 20.5 Å². The molecule has 0 aliphatic heterocycles. The van der Waals surface area contributed by atoms with Crippen molar-refractivity contribution in [2.24, 2.45) is 5.73 Å². The molecule has 0 spiro atoms. The van der Waals surface area contributed by atoms with Crippen molar-refractivity contribution in [2.45, 2.75) is 13.5 Å². The summed E-state index contributed by atoms with van der Waals surface area (Å²) in [5.41, 5.74) is 7.23. The van der Waals surface area contributed by atoms with Gasteiger partial charge in [0.1, 0.15) is 5.69 Å². The Hall–Kier alpha value is -3.88. The van der Waals surface area contributed by atoms with Crippen LogP contribution in [0.15, 0.2) is 48.5 Å². The van der Waals surface area contributed by atoms with Gasteiger partial charge in [-0.2, -0.15) is 15.4 Å². The minimum absolute atomic E-state index is 0.0291. The third kappa shape index (κ3) is 5.10. The van der Waals surface area contributed by atoms with E-state index in [4.69, 9.17) is 15.2 Å². The first-order chi connectivity index (χ1) is 14.1. The number of primary amides is 1. The molecule has 0 unspecified atom stereocenters. The molecule has 1 heterocycles. The fraction of sp³-hybridized carbons (Fsp3) is 0.200. The number of aromatic nitrogens is 3. The van der Waals surface area contributed by atoms with Gasteiger partial charge in [-0.15, -0.1) is 0 Å². The average Bonchev–Trinajstić information content (AvgIpc) is 3.22. The van der Waals surface area contributed by atoms with Crippen molar-refractivity contribution < 1.29 is 19.1 Å². The maximum Gasteiger partial charge on any atom is 0.271 e. The molecular formula is C20H21N5O4. The number of carbonyl (C=O) groups is 2. The van der Waals surface area contributed by atoms with Gasteiger partial charge in [-0.1, -0.05) is 30.3 Å². The summed E-state index contributed by atoms with van der Waals surface area (Å²) in [6.45, 7) is 2.47. The molecule has 9 heteroatoms. The van der Waals surface area contributed by atoms with Crippen molar-refractivity contribution in [3.8, 4) is 22.8 Å². The largest absolute Gasteiger partial charge is 0.490 e. The molecule has 4 N–H and O–H groups in total. The van der Waals surface area contributed by atoms with Gasteiger partial charge in [-0.25, -0.2) is 0 Å². The minimum atomic E-state index is -0.692. The van der Waals surface area contributed by atoms with Crippen LogP contribution >= 0.6 is 0 Å². The van der Waals surface area contributed by atoms with Crippen molar-refractivity contribution in [2.75, 3.05) is 13.2 Å². The van der Waals surface area contributed by atoms with Crippen LogP contribution in [-0.2, 0) is 11.3 Å². The van der Waals surface area contributed by atoms with E-state index in [-0.39, 0.29) is 18.2 Å². The number of hydrogen-bond acceptors (Lipinski definition) is 6. The number of hydrogen-bond donors (Lipinski definition) is 3. The van der Waals surface area contributed by atoms with Crippen molar-refractivity contribution in [1.82, 2.24) is 20.7 Å². The molecule has 2 aromatic carbocycles. The van der Waals surface area contributed by atoms with Crippen LogP contribution in [0.4, 0.5) is 0 Å². The van der Waals surface area contributed by atoms with E-state index >= 15 is 0 Å². The van der Waals surface area contributed by atoms with E-state index in [0.29, 0.717) is 35.9 Å². The maximum atomic E-state index is 12.1. The van der Waals surface area contributed by atoms with E-state index in [1.54, 1.807) is 18.2 Å². The number of nitrogens with zero attached hydrogens (tertiary/aromatic N) is 2. The van der Waals surface area contributed by atoms with E-state index in [0.717, 1.165) is 5.56 Å². The number of carbonyl (C=O) groups excluding carboxylic acids is 2. The van der Waals surface area contributed by atoms with Crippen molar-refractivity contribution in [3.05, 3.63) is 59.8 Å². The lowest BCUT2D eigenvalue weighted by Crippen LogP contribution is -2.28. The summed E-state index contributed by atoms with van der Waals surface area (Å²) in [6.07, 6.45) is 0. The number of nitrogens with one attached hydrogen (secondary N) is 2. The molecule has 3 rings (SSSR count). The summed E-state index contributed by atoms with van der Waals surface area (Å²) < 4.78 is 11.2. The highest BCUT2D eigenvalue weighted by Gasteiger charge is 2.17. The number of H-pyrrole nitrogens is 1. The molecule has 3 aromatic rings. The Balaban J connectivity index is 1.68. The third-order valence-corrected chi connectivity index (χ3v) is 3.99. The first-order valence-electron chi connectivity index (χ1n) is 8.99. The van der Waals surface area contributed by atoms with E-state index < -0.39 is 5.91 Å². The van der Waals surface area contributed by atoms with Crippen LogP contribution in [0.3, 0.4) is 0 Å². The molecule has 2 amide bonds. The van der Waals surface area contributed by atoms with Gasteiger partial charge in [-0.05, 0) is 30.7 Å². The second-order valence-electron chi connectivity index (χ2n) is 6.03. The fourth-order valence-electron chi connectivity index (χ4n) is 2.64. The maximum absolute atomic E-state index is 12.1. The van der Waals surface area contributed by atoms with Gasteiger partial charge in [0.25, 0.3) is 11.8 Å². The molecule has 0 bridgehead atoms. The lowest BCUT2D eigenvalue weighted by atomic mass is 10.1. The number of rotatable bonds is 9. The zero-order valence-electron chi connectivity index (χ0n) is 15.8. The molecule has 1 aromatic heterocycles. The second-order valence-corrected chi connectivity index (χ2v) is 6.03. The summed E-state index contributed by atoms with van der Waals surface area (Å²) in [6, 6.07) is 14.6. The molecule has 0 fully saturated rings. The van der Waals surface area contributed by atoms with E-state index in [1.807, 2.05) is 37.3 Å². The summed E-state index contributed by atoms with van der Waals surface area (Å²) >= 11 is 0. The number of nitrogens with two attached hydrogens (primary N) is 1. The third-order valence-electron chi connectivity index (χ3n) is 3.99. The number of amides is 2. The first kappa shape index (κ1) is 19.9. The number of benzene rings is 2. The number of ether oxygens (including phenoxy) is 2. The highest BCUT2D eigenvalue weighted by molar-refractivity contribution is 5.96. The summed E-state index contributed by atoms with van der Waals surface area (Å²) in [4.78, 5) is 23.6. The summed E-state index contributed by atoms with van der Waals surface area (Å²) in [7, 11) is 0. The first-order valence-corrected chi connectivity index (χ1v) is 8.99. The quantitative estimate of drug-likeness (QED) is 0.505. The summed E-state index contributed by atoms with van der Waals surface area (Å²) in [5, 5.41) is 12.9. The monoisotopic (exact) mass is 395 g/mol. The molecule has 150 valence electrons. The van der Waals surface area contributed by atoms with Crippen LogP contribution in [0.2, 0.25) is 0 Å². The average molecular weight is 395 g/mol. The molecule has 0 aliphatic carbocycles. The van der Waals surface area contributed by atoms with Crippen molar-refractivity contribution in [3.63, 3.8) is 0 Å². The highest BCUT2D eigenvalue weighted by atomic mass is 16.5. The SMILES string of the molecule is CCOc1cc(-c2n[nH]nc2C(N)=O)ccc1OCC(=O)NCc1ccccc1. The van der Waals surface area contributed by atoms with E-state index in [1.165, 1.54) is 0 Å². The topological polar surface area (TPSA) is 132 Å². The molecule has 29 heavy (non-hydrogen) atoms. The zero-order valence-corrected chi connectivity index (χ0v) is 15.8. The Morgan fingerprint density at radius 2 is 1.86 bits per heavy atom. The van der Waals surface area contributed by atoms with Crippen LogP contribution in [0, 0.1) is 0 Å². The van der Waals surface area contributed by atoms with Crippen LogP contribution in [0.1, 0.15) is 23.0 Å². The Morgan fingerprint density at radius 1 is 1.07 bits per heavy atom. The van der Waals surface area contributed by atoms with Crippen LogP contribution < -0.4 is 20.5 Å². The van der Waals surface area contributed by atoms with Gasteiger partial charge >= 0.3 is 0 Å². The smallest absolute Gasteiger partial charge is 0.271 e. The normalized spacial score (nSPS) is 10.4. The molecule has 0 radical (unpaired) electrons. The van der Waals surface area contributed by atoms with Gasteiger partial charge in [0.15, 0.2) is 23.8 Å². The molecule has 9 nitrogen and oxygen atoms in total. The van der Waals surface area contributed by atoms with Gasteiger partial charge in [-0.3, -0.25) is 9.59 Å². The fourth-order valence-corrected chi connectivity index (χ4v) is 2.64. The predicted octanol–water partition coefficient (Wildman–Crippen LogP) is 1.66. The Bertz CT molecular complexity index is 988. The van der Waals surface area contributed by atoms with Gasteiger partial charge in [0, 0.05) is 12.1 Å². The van der Waals surface area contributed by atoms with E-state index in [2.05, 4.69) is 20.7 Å². The Labute approximate surface area is 167 Å². The highest BCUT2D eigenvalue weighted by Crippen LogP contribution is 2.33. The number of aromatic amines is 1. The lowest BCUT2D eigenvalue weighted by Gasteiger charge is -2.13. The van der Waals surface area contributed by atoms with Crippen LogP contribution in [-0.4, -0.2) is 40.4 Å². The van der Waals surface area contributed by atoms with Gasteiger partial charge in [0.05, 0.1) is 6.61 Å². The summed E-state index contributed by atoms with van der Waals surface area (Å²) in [5.74, 6) is -0.135. The van der Waals surface area contributed by atoms with E-state index in [9.17, 15) is 9.59 Å². The molecule has 0 aliphatic rings. The molecule has 0 atom stereocenters. The Morgan fingerprint density at radius 3 is 2.59 bits per heavy atom. The minimum Gasteiger partial charge on any atom is -0.490 e.